The van der Waals surface area contributed by atoms with E-state index in [-0.39, 0.29) is 0 Å². The molecule has 1 aromatic carbocycles. The summed E-state index contributed by atoms with van der Waals surface area (Å²) in [6.07, 6.45) is 4.01. The van der Waals surface area contributed by atoms with Crippen LogP contribution in [0.2, 0.25) is 0 Å². The molecular formula is C21H26ClN7. The highest BCUT2D eigenvalue weighted by atomic mass is 35.5. The molecule has 1 fully saturated rings. The molecule has 1 unspecified atom stereocenters. The zero-order chi connectivity index (χ0) is 20.3. The summed E-state index contributed by atoms with van der Waals surface area (Å²) < 4.78 is 0. The average molecular weight is 412 g/mol. The van der Waals surface area contributed by atoms with Crippen molar-refractivity contribution in [1.82, 2.24) is 15.2 Å². The van der Waals surface area contributed by atoms with E-state index in [2.05, 4.69) is 43.5 Å². The highest BCUT2D eigenvalue weighted by Gasteiger charge is 2.33. The molecule has 0 saturated carbocycles. The van der Waals surface area contributed by atoms with Crippen molar-refractivity contribution in [3.8, 4) is 0 Å². The van der Waals surface area contributed by atoms with Crippen molar-refractivity contribution in [1.29, 1.82) is 0 Å². The first kappa shape index (κ1) is 19.7. The zero-order valence-corrected chi connectivity index (χ0v) is 17.2. The lowest BCUT2D eigenvalue weighted by Crippen LogP contribution is -2.60. The second-order valence-corrected chi connectivity index (χ2v) is 7.94. The van der Waals surface area contributed by atoms with Gasteiger partial charge in [-0.3, -0.25) is 0 Å². The van der Waals surface area contributed by atoms with E-state index in [0.29, 0.717) is 23.2 Å². The molecule has 2 aromatic rings. The molecule has 29 heavy (non-hydrogen) atoms. The SMILES string of the molecule is CN1CCN(c2ccc(NC3=NC=C(Cl)C(N)(Cc4ccccc4)N3)nc2)CC1. The minimum absolute atomic E-state index is 0.463. The fourth-order valence-electron chi connectivity index (χ4n) is 3.48. The van der Waals surface area contributed by atoms with Gasteiger partial charge in [-0.25, -0.2) is 9.98 Å². The van der Waals surface area contributed by atoms with Crippen molar-refractivity contribution < 1.29 is 0 Å². The molecule has 1 aromatic heterocycles. The monoisotopic (exact) mass is 411 g/mol. The van der Waals surface area contributed by atoms with Crippen LogP contribution in [0.5, 0.6) is 0 Å². The number of nitrogens with zero attached hydrogens (tertiary/aromatic N) is 4. The third-order valence-corrected chi connectivity index (χ3v) is 5.70. The summed E-state index contributed by atoms with van der Waals surface area (Å²) in [6, 6.07) is 14.0. The largest absolute Gasteiger partial charge is 0.368 e. The summed E-state index contributed by atoms with van der Waals surface area (Å²) >= 11 is 6.37. The van der Waals surface area contributed by atoms with Crippen molar-refractivity contribution in [2.75, 3.05) is 43.4 Å². The van der Waals surface area contributed by atoms with E-state index < -0.39 is 5.66 Å². The minimum atomic E-state index is -0.924. The molecule has 0 radical (unpaired) electrons. The van der Waals surface area contributed by atoms with Gasteiger partial charge in [-0.1, -0.05) is 41.9 Å². The molecule has 2 aliphatic rings. The van der Waals surface area contributed by atoms with Crippen LogP contribution in [-0.4, -0.2) is 54.7 Å². The summed E-state index contributed by atoms with van der Waals surface area (Å²) in [5, 5.41) is 6.88. The second-order valence-electron chi connectivity index (χ2n) is 7.53. The Balaban J connectivity index is 1.41. The van der Waals surface area contributed by atoms with Crippen LogP contribution >= 0.6 is 11.6 Å². The van der Waals surface area contributed by atoms with Crippen molar-refractivity contribution in [3.63, 3.8) is 0 Å². The molecule has 7 nitrogen and oxygen atoms in total. The number of hydrogen-bond donors (Lipinski definition) is 3. The van der Waals surface area contributed by atoms with Crippen LogP contribution in [0, 0.1) is 0 Å². The number of nitrogens with two attached hydrogens (primary N) is 1. The van der Waals surface area contributed by atoms with Gasteiger partial charge in [-0.2, -0.15) is 0 Å². The summed E-state index contributed by atoms with van der Waals surface area (Å²) in [5.74, 6) is 1.22. The molecule has 0 bridgehead atoms. The number of guanidine groups is 1. The number of halogens is 1. The number of hydrogen-bond acceptors (Lipinski definition) is 7. The molecule has 0 aliphatic carbocycles. The number of piperazine rings is 1. The summed E-state index contributed by atoms with van der Waals surface area (Å²) in [7, 11) is 2.15. The first-order chi connectivity index (χ1) is 14.0. The van der Waals surface area contributed by atoms with Crippen LogP contribution < -0.4 is 21.3 Å². The van der Waals surface area contributed by atoms with Gasteiger partial charge in [0.05, 0.1) is 16.9 Å². The third kappa shape index (κ3) is 4.70. The molecule has 1 saturated heterocycles. The van der Waals surface area contributed by atoms with Crippen LogP contribution in [0.4, 0.5) is 11.5 Å². The lowest BCUT2D eigenvalue weighted by atomic mass is 9.99. The van der Waals surface area contributed by atoms with Gasteiger partial charge in [0, 0.05) is 38.8 Å². The minimum Gasteiger partial charge on any atom is -0.368 e. The van der Waals surface area contributed by atoms with Gasteiger partial charge in [-0.15, -0.1) is 0 Å². The number of rotatable bonds is 4. The molecule has 0 spiro atoms. The molecule has 3 heterocycles. The summed E-state index contributed by atoms with van der Waals surface area (Å²) in [5.41, 5.74) is 7.84. The van der Waals surface area contributed by atoms with Crippen molar-refractivity contribution in [2.24, 2.45) is 10.7 Å². The molecule has 4 rings (SSSR count). The van der Waals surface area contributed by atoms with E-state index in [1.165, 1.54) is 0 Å². The van der Waals surface area contributed by atoms with Gasteiger partial charge in [0.15, 0.2) is 0 Å². The predicted molar refractivity (Wildman–Crippen MR) is 119 cm³/mol. The first-order valence-electron chi connectivity index (χ1n) is 9.73. The van der Waals surface area contributed by atoms with Gasteiger partial charge in [0.2, 0.25) is 5.96 Å². The molecule has 4 N–H and O–H groups in total. The Labute approximate surface area is 176 Å². The Bertz CT molecular complexity index is 889. The highest BCUT2D eigenvalue weighted by Crippen LogP contribution is 2.24. The topological polar surface area (TPSA) is 81.8 Å². The van der Waals surface area contributed by atoms with E-state index in [1.54, 1.807) is 6.20 Å². The Kier molecular flexibility index (Phi) is 5.71. The number of likely N-dealkylation sites (N-methyl/N-ethyl adjacent to an activating group) is 1. The summed E-state index contributed by atoms with van der Waals surface area (Å²) in [4.78, 5) is 13.5. The average Bonchev–Trinajstić information content (AvgIpc) is 2.73. The number of anilines is 2. The fourth-order valence-corrected chi connectivity index (χ4v) is 3.65. The zero-order valence-electron chi connectivity index (χ0n) is 16.5. The van der Waals surface area contributed by atoms with Crippen LogP contribution in [-0.2, 0) is 6.42 Å². The van der Waals surface area contributed by atoms with E-state index >= 15 is 0 Å². The van der Waals surface area contributed by atoms with Gasteiger partial charge in [-0.05, 0) is 24.7 Å². The molecule has 8 heteroatoms. The second kappa shape index (κ2) is 8.41. The summed E-state index contributed by atoms with van der Waals surface area (Å²) in [6.45, 7) is 4.15. The van der Waals surface area contributed by atoms with Crippen molar-refractivity contribution in [3.05, 3.63) is 65.5 Å². The number of aromatic nitrogens is 1. The van der Waals surface area contributed by atoms with E-state index in [4.69, 9.17) is 17.3 Å². The maximum atomic E-state index is 6.55. The van der Waals surface area contributed by atoms with Crippen LogP contribution in [0.15, 0.2) is 64.9 Å². The first-order valence-corrected chi connectivity index (χ1v) is 10.1. The van der Waals surface area contributed by atoms with E-state index in [0.717, 1.165) is 37.4 Å². The number of nitrogens with one attached hydrogen (secondary N) is 2. The Morgan fingerprint density at radius 2 is 1.90 bits per heavy atom. The van der Waals surface area contributed by atoms with Gasteiger partial charge >= 0.3 is 0 Å². The lowest BCUT2D eigenvalue weighted by Gasteiger charge is -2.34. The van der Waals surface area contributed by atoms with Gasteiger partial charge < -0.3 is 26.2 Å². The molecule has 0 amide bonds. The quantitative estimate of drug-likeness (QED) is 0.715. The van der Waals surface area contributed by atoms with Crippen molar-refractivity contribution >= 4 is 29.1 Å². The van der Waals surface area contributed by atoms with Gasteiger partial charge in [0.25, 0.3) is 0 Å². The molecule has 1 atom stereocenters. The number of benzene rings is 1. The van der Waals surface area contributed by atoms with Crippen molar-refractivity contribution in [2.45, 2.75) is 12.1 Å². The predicted octanol–water partition coefficient (Wildman–Crippen LogP) is 2.18. The molecule has 2 aliphatic heterocycles. The van der Waals surface area contributed by atoms with E-state index in [1.807, 2.05) is 42.6 Å². The Morgan fingerprint density at radius 1 is 1.14 bits per heavy atom. The maximum absolute atomic E-state index is 6.55. The van der Waals surface area contributed by atoms with Crippen LogP contribution in [0.1, 0.15) is 5.56 Å². The number of aliphatic imine (C=N–C) groups is 1. The molecular weight excluding hydrogens is 386 g/mol. The number of pyridine rings is 1. The Morgan fingerprint density at radius 3 is 2.59 bits per heavy atom. The normalized spacial score (nSPS) is 22.5. The molecule has 152 valence electrons. The lowest BCUT2D eigenvalue weighted by molar-refractivity contribution is 0.313. The standard InChI is InChI=1S/C21H26ClN7/c1-28-9-11-29(12-10-28)17-7-8-19(24-14-17)26-20-25-15-18(22)21(23,27-20)13-16-5-3-2-4-6-16/h2-8,14-15H,9-13,23H2,1H3,(H2,24,25,26,27). The van der Waals surface area contributed by atoms with Gasteiger partial charge in [0.1, 0.15) is 11.5 Å². The third-order valence-electron chi connectivity index (χ3n) is 5.26. The smallest absolute Gasteiger partial charge is 0.203 e. The Hall–Kier alpha value is -2.61. The fraction of sp³-hybridized carbons (Fsp3) is 0.333. The van der Waals surface area contributed by atoms with Crippen LogP contribution in [0.25, 0.3) is 0 Å². The van der Waals surface area contributed by atoms with E-state index in [9.17, 15) is 0 Å². The van der Waals surface area contributed by atoms with Crippen LogP contribution in [0.3, 0.4) is 0 Å². The maximum Gasteiger partial charge on any atom is 0.203 e. The highest BCUT2D eigenvalue weighted by molar-refractivity contribution is 6.31.